The standard InChI is InChI=1S/C7H11NO4/c1-2-10-12-11-7(9)5-3-4-6-8/h2-5H2,1H3. The number of hydrogen-bond acceptors (Lipinski definition) is 5. The summed E-state index contributed by atoms with van der Waals surface area (Å²) in [5.41, 5.74) is 0. The lowest BCUT2D eigenvalue weighted by Crippen LogP contribution is -2.05. The predicted molar refractivity (Wildman–Crippen MR) is 38.3 cm³/mol. The van der Waals surface area contributed by atoms with Gasteiger partial charge in [0.25, 0.3) is 0 Å². The fraction of sp³-hybridized carbons (Fsp3) is 0.714. The number of hydrogen-bond donors (Lipinski definition) is 0. The van der Waals surface area contributed by atoms with E-state index >= 15 is 0 Å². The minimum atomic E-state index is -0.529. The zero-order chi connectivity index (χ0) is 9.23. The van der Waals surface area contributed by atoms with Gasteiger partial charge in [-0.2, -0.15) is 10.1 Å². The maximum absolute atomic E-state index is 10.7. The Labute approximate surface area is 70.7 Å². The highest BCUT2D eigenvalue weighted by atomic mass is 17.5. The molecule has 0 aromatic carbocycles. The minimum absolute atomic E-state index is 0.167. The first kappa shape index (κ1) is 10.9. The Kier molecular flexibility index (Phi) is 7.24. The largest absolute Gasteiger partial charge is 0.345 e. The Morgan fingerprint density at radius 3 is 2.92 bits per heavy atom. The fourth-order valence-electron chi connectivity index (χ4n) is 0.464. The quantitative estimate of drug-likeness (QED) is 0.342. The van der Waals surface area contributed by atoms with Gasteiger partial charge < -0.3 is 0 Å². The van der Waals surface area contributed by atoms with Crippen LogP contribution in [0.1, 0.15) is 26.2 Å². The van der Waals surface area contributed by atoms with E-state index in [9.17, 15) is 4.79 Å². The van der Waals surface area contributed by atoms with Crippen LogP contribution >= 0.6 is 0 Å². The Bertz CT molecular complexity index is 163. The van der Waals surface area contributed by atoms with Gasteiger partial charge in [-0.15, -0.1) is 0 Å². The van der Waals surface area contributed by atoms with Crippen LogP contribution in [0.5, 0.6) is 0 Å². The van der Waals surface area contributed by atoms with Crippen LogP contribution in [-0.4, -0.2) is 12.6 Å². The van der Waals surface area contributed by atoms with Gasteiger partial charge in [0.15, 0.2) is 0 Å². The van der Waals surface area contributed by atoms with Crippen molar-refractivity contribution in [1.82, 2.24) is 0 Å². The van der Waals surface area contributed by atoms with E-state index in [-0.39, 0.29) is 6.42 Å². The van der Waals surface area contributed by atoms with Crippen molar-refractivity contribution in [3.05, 3.63) is 0 Å². The summed E-state index contributed by atoms with van der Waals surface area (Å²) in [6, 6.07) is 1.91. The molecule has 12 heavy (non-hydrogen) atoms. The van der Waals surface area contributed by atoms with Crippen LogP contribution in [0.4, 0.5) is 0 Å². The maximum Gasteiger partial charge on any atom is 0.345 e. The van der Waals surface area contributed by atoms with Crippen LogP contribution in [-0.2, 0) is 19.6 Å². The van der Waals surface area contributed by atoms with Crippen LogP contribution in [0.25, 0.3) is 0 Å². The third-order valence-corrected chi connectivity index (χ3v) is 0.962. The summed E-state index contributed by atoms with van der Waals surface area (Å²) in [5, 5.41) is 12.2. The molecule has 0 N–H and O–H groups in total. The molecule has 0 bridgehead atoms. The number of carbonyl (C=O) groups is 1. The topological polar surface area (TPSA) is 68.6 Å². The molecule has 0 aliphatic carbocycles. The first-order chi connectivity index (χ1) is 5.81. The highest BCUT2D eigenvalue weighted by Crippen LogP contribution is 1.96. The molecule has 68 valence electrons. The van der Waals surface area contributed by atoms with Gasteiger partial charge in [-0.05, 0) is 18.4 Å². The lowest BCUT2D eigenvalue weighted by molar-refractivity contribution is -0.485. The highest BCUT2D eigenvalue weighted by molar-refractivity contribution is 5.68. The van der Waals surface area contributed by atoms with E-state index in [0.29, 0.717) is 19.4 Å². The molecule has 0 atom stereocenters. The van der Waals surface area contributed by atoms with Gasteiger partial charge in [-0.3, -0.25) is 4.89 Å². The van der Waals surface area contributed by atoms with Crippen LogP contribution in [0.15, 0.2) is 0 Å². The van der Waals surface area contributed by atoms with Gasteiger partial charge in [0.1, 0.15) is 0 Å². The van der Waals surface area contributed by atoms with Gasteiger partial charge in [0.05, 0.1) is 12.7 Å². The molecule has 0 aromatic rings. The zero-order valence-electron chi connectivity index (χ0n) is 6.91. The molecule has 0 heterocycles. The van der Waals surface area contributed by atoms with Crippen molar-refractivity contribution in [2.75, 3.05) is 6.61 Å². The molecule has 0 amide bonds. The summed E-state index contributed by atoms with van der Waals surface area (Å²) >= 11 is 0. The lowest BCUT2D eigenvalue weighted by atomic mass is 10.2. The third kappa shape index (κ3) is 6.99. The minimum Gasteiger partial charge on any atom is -0.269 e. The Hall–Kier alpha value is -1.12. The Balaban J connectivity index is 3.17. The summed E-state index contributed by atoms with van der Waals surface area (Å²) in [5.74, 6) is -0.529. The molecule has 5 heteroatoms. The number of nitrogens with zero attached hydrogens (tertiary/aromatic N) is 1. The molecular weight excluding hydrogens is 162 g/mol. The normalized spacial score (nSPS) is 9.00. The first-order valence-electron chi connectivity index (χ1n) is 3.67. The first-order valence-corrected chi connectivity index (χ1v) is 3.67. The van der Waals surface area contributed by atoms with E-state index in [1.807, 2.05) is 6.07 Å². The van der Waals surface area contributed by atoms with Gasteiger partial charge in [-0.1, -0.05) is 0 Å². The van der Waals surface area contributed by atoms with E-state index in [4.69, 9.17) is 5.26 Å². The average Bonchev–Trinajstić information content (AvgIpc) is 2.06. The molecule has 0 spiro atoms. The van der Waals surface area contributed by atoms with E-state index in [2.05, 4.69) is 14.8 Å². The summed E-state index contributed by atoms with van der Waals surface area (Å²) in [7, 11) is 0. The average molecular weight is 173 g/mol. The van der Waals surface area contributed by atoms with Crippen molar-refractivity contribution in [3.63, 3.8) is 0 Å². The number of unbranched alkanes of at least 4 members (excludes halogenated alkanes) is 1. The van der Waals surface area contributed by atoms with Crippen molar-refractivity contribution in [3.8, 4) is 6.07 Å². The predicted octanol–water partition coefficient (Wildman–Crippen LogP) is 1.11. The van der Waals surface area contributed by atoms with Crippen molar-refractivity contribution in [1.29, 1.82) is 5.26 Å². The summed E-state index contributed by atoms with van der Waals surface area (Å²) in [6.45, 7) is 2.01. The molecule has 0 rings (SSSR count). The van der Waals surface area contributed by atoms with Crippen LogP contribution < -0.4 is 0 Å². The molecule has 0 saturated heterocycles. The van der Waals surface area contributed by atoms with E-state index < -0.39 is 5.97 Å². The van der Waals surface area contributed by atoms with E-state index in [1.165, 1.54) is 0 Å². The summed E-state index contributed by atoms with van der Waals surface area (Å²) in [4.78, 5) is 19.1. The molecule has 0 unspecified atom stereocenters. The van der Waals surface area contributed by atoms with Crippen molar-refractivity contribution in [2.24, 2.45) is 0 Å². The van der Waals surface area contributed by atoms with Gasteiger partial charge >= 0.3 is 5.97 Å². The SMILES string of the molecule is CCOOOC(=O)CCCC#N. The molecule has 0 aliphatic heterocycles. The van der Waals surface area contributed by atoms with Crippen LogP contribution in [0.3, 0.4) is 0 Å². The molecule has 0 saturated carbocycles. The van der Waals surface area contributed by atoms with E-state index in [1.54, 1.807) is 6.92 Å². The second-order valence-corrected chi connectivity index (χ2v) is 1.94. The lowest BCUT2D eigenvalue weighted by Gasteiger charge is -1.98. The third-order valence-electron chi connectivity index (χ3n) is 0.962. The van der Waals surface area contributed by atoms with E-state index in [0.717, 1.165) is 0 Å². The summed E-state index contributed by atoms with van der Waals surface area (Å²) < 4.78 is 0. The Morgan fingerprint density at radius 1 is 1.58 bits per heavy atom. The second kappa shape index (κ2) is 7.98. The molecule has 5 nitrogen and oxygen atoms in total. The van der Waals surface area contributed by atoms with Crippen LogP contribution in [0.2, 0.25) is 0 Å². The fourth-order valence-corrected chi connectivity index (χ4v) is 0.464. The maximum atomic E-state index is 10.7. The van der Waals surface area contributed by atoms with Crippen molar-refractivity contribution >= 4 is 5.97 Å². The van der Waals surface area contributed by atoms with Crippen LogP contribution in [0, 0.1) is 11.3 Å². The molecular formula is C7H11NO4. The van der Waals surface area contributed by atoms with Crippen molar-refractivity contribution < 1.29 is 19.6 Å². The monoisotopic (exact) mass is 173 g/mol. The highest BCUT2D eigenvalue weighted by Gasteiger charge is 2.03. The van der Waals surface area contributed by atoms with Gasteiger partial charge in [-0.25, -0.2) is 4.79 Å². The summed E-state index contributed by atoms with van der Waals surface area (Å²) in [6.07, 6.45) is 0.981. The number of rotatable bonds is 6. The zero-order valence-corrected chi connectivity index (χ0v) is 6.91. The van der Waals surface area contributed by atoms with Gasteiger partial charge in [0.2, 0.25) is 0 Å². The Morgan fingerprint density at radius 2 is 2.33 bits per heavy atom. The second-order valence-electron chi connectivity index (χ2n) is 1.94. The molecule has 0 fully saturated rings. The number of carbonyl (C=O) groups excluding carboxylic acids is 1. The molecule has 0 radical (unpaired) electrons. The molecule has 0 aliphatic rings. The number of nitriles is 1. The smallest absolute Gasteiger partial charge is 0.269 e. The molecule has 0 aromatic heterocycles. The van der Waals surface area contributed by atoms with Gasteiger partial charge in [0, 0.05) is 12.8 Å². The van der Waals surface area contributed by atoms with Crippen molar-refractivity contribution in [2.45, 2.75) is 26.2 Å².